The van der Waals surface area contributed by atoms with Crippen LogP contribution in [0.15, 0.2) is 72.8 Å². The molecule has 0 aromatic heterocycles. The molecule has 2 N–H and O–H groups in total. The van der Waals surface area contributed by atoms with Crippen LogP contribution in [0.25, 0.3) is 0 Å². The molecule has 0 bridgehead atoms. The average Bonchev–Trinajstić information content (AvgIpc) is 2.73. The first kappa shape index (κ1) is 20.1. The Bertz CT molecular complexity index is 993. The molecule has 0 heterocycles. The number of hydrogen-bond donors (Lipinski definition) is 2. The Hall–Kier alpha value is -3.60. The number of benzene rings is 3. The first-order chi connectivity index (χ1) is 13.9. The van der Waals surface area contributed by atoms with Gasteiger partial charge >= 0.3 is 0 Å². The van der Waals surface area contributed by atoms with Gasteiger partial charge in [0.15, 0.2) is 0 Å². The van der Waals surface area contributed by atoms with E-state index in [4.69, 9.17) is 0 Å². The summed E-state index contributed by atoms with van der Waals surface area (Å²) in [6.07, 6.45) is 0. The monoisotopic (exact) mass is 387 g/mol. The smallest absolute Gasteiger partial charge is 0.255 e. The molecule has 3 aromatic rings. The molecule has 0 radical (unpaired) electrons. The summed E-state index contributed by atoms with van der Waals surface area (Å²) in [5, 5.41) is 5.76. The van der Waals surface area contributed by atoms with Crippen LogP contribution in [0.4, 0.5) is 11.4 Å². The average molecular weight is 387 g/mol. The highest BCUT2D eigenvalue weighted by Crippen LogP contribution is 2.17. The van der Waals surface area contributed by atoms with E-state index in [1.807, 2.05) is 74.4 Å². The number of hydrogen-bond acceptors (Lipinski definition) is 3. The number of amides is 2. The van der Waals surface area contributed by atoms with Crippen molar-refractivity contribution in [2.45, 2.75) is 13.5 Å². The van der Waals surface area contributed by atoms with E-state index >= 15 is 0 Å². The first-order valence-corrected chi connectivity index (χ1v) is 9.45. The van der Waals surface area contributed by atoms with Crippen LogP contribution in [0.5, 0.6) is 0 Å². The first-order valence-electron chi connectivity index (χ1n) is 9.45. The van der Waals surface area contributed by atoms with E-state index in [1.165, 1.54) is 5.56 Å². The minimum Gasteiger partial charge on any atom is -0.378 e. The van der Waals surface area contributed by atoms with Crippen molar-refractivity contribution in [3.05, 3.63) is 95.1 Å². The Morgan fingerprint density at radius 1 is 0.828 bits per heavy atom. The van der Waals surface area contributed by atoms with Crippen LogP contribution >= 0.6 is 0 Å². The highest BCUT2D eigenvalue weighted by molar-refractivity contribution is 6.06. The van der Waals surface area contributed by atoms with Gasteiger partial charge in [0.2, 0.25) is 0 Å². The second kappa shape index (κ2) is 9.06. The topological polar surface area (TPSA) is 61.4 Å². The molecule has 3 rings (SSSR count). The van der Waals surface area contributed by atoms with Gasteiger partial charge < -0.3 is 15.5 Å². The molecule has 0 saturated heterocycles. The van der Waals surface area contributed by atoms with Crippen molar-refractivity contribution in [2.75, 3.05) is 24.3 Å². The van der Waals surface area contributed by atoms with Crippen molar-refractivity contribution < 1.29 is 9.59 Å². The van der Waals surface area contributed by atoms with E-state index in [0.29, 0.717) is 23.4 Å². The van der Waals surface area contributed by atoms with Gasteiger partial charge in [0, 0.05) is 43.1 Å². The second-order valence-electron chi connectivity index (χ2n) is 7.14. The Morgan fingerprint density at radius 2 is 1.45 bits per heavy atom. The summed E-state index contributed by atoms with van der Waals surface area (Å²) in [6, 6.07) is 22.3. The van der Waals surface area contributed by atoms with Gasteiger partial charge in [-0.15, -0.1) is 0 Å². The van der Waals surface area contributed by atoms with Crippen LogP contribution in [0.2, 0.25) is 0 Å². The van der Waals surface area contributed by atoms with Crippen LogP contribution in [-0.4, -0.2) is 25.9 Å². The van der Waals surface area contributed by atoms with E-state index in [1.54, 1.807) is 24.3 Å². The molecule has 0 unspecified atom stereocenters. The van der Waals surface area contributed by atoms with Gasteiger partial charge in [-0.1, -0.05) is 35.9 Å². The predicted molar refractivity (Wildman–Crippen MR) is 118 cm³/mol. The van der Waals surface area contributed by atoms with Crippen LogP contribution < -0.4 is 15.5 Å². The molecular weight excluding hydrogens is 362 g/mol. The lowest BCUT2D eigenvalue weighted by Gasteiger charge is -2.13. The molecule has 0 aliphatic heterocycles. The molecule has 0 spiro atoms. The number of rotatable bonds is 6. The Kier molecular flexibility index (Phi) is 6.29. The van der Waals surface area contributed by atoms with Gasteiger partial charge in [0.1, 0.15) is 0 Å². The minimum absolute atomic E-state index is 0.212. The van der Waals surface area contributed by atoms with Gasteiger partial charge in [-0.3, -0.25) is 9.59 Å². The number of aryl methyl sites for hydroxylation is 1. The molecule has 0 atom stereocenters. The lowest BCUT2D eigenvalue weighted by molar-refractivity contribution is 0.0951. The van der Waals surface area contributed by atoms with Crippen molar-refractivity contribution in [3.8, 4) is 0 Å². The third-order valence-electron chi connectivity index (χ3n) is 4.60. The standard InChI is InChI=1S/C24H25N3O2/c1-17-7-9-18(10-8-17)16-25-23(28)19-5-4-6-20(15-19)24(29)26-21-11-13-22(14-12-21)27(2)3/h4-15H,16H2,1-3H3,(H,25,28)(H,26,29). The van der Waals surface area contributed by atoms with E-state index < -0.39 is 0 Å². The maximum Gasteiger partial charge on any atom is 0.255 e. The second-order valence-corrected chi connectivity index (χ2v) is 7.14. The number of anilines is 2. The Balaban J connectivity index is 1.63. The van der Waals surface area contributed by atoms with Crippen LogP contribution in [-0.2, 0) is 6.54 Å². The van der Waals surface area contributed by atoms with E-state index in [0.717, 1.165) is 11.3 Å². The summed E-state index contributed by atoms with van der Waals surface area (Å²) in [5.74, 6) is -0.466. The van der Waals surface area contributed by atoms with E-state index in [2.05, 4.69) is 10.6 Å². The molecule has 29 heavy (non-hydrogen) atoms. The fourth-order valence-corrected chi connectivity index (χ4v) is 2.84. The molecule has 3 aromatic carbocycles. The number of nitrogens with one attached hydrogen (secondary N) is 2. The molecule has 5 nitrogen and oxygen atoms in total. The third kappa shape index (κ3) is 5.45. The van der Waals surface area contributed by atoms with Gasteiger partial charge in [-0.2, -0.15) is 0 Å². The number of carbonyl (C=O) groups excluding carboxylic acids is 2. The SMILES string of the molecule is Cc1ccc(CNC(=O)c2cccc(C(=O)Nc3ccc(N(C)C)cc3)c2)cc1. The highest BCUT2D eigenvalue weighted by atomic mass is 16.2. The van der Waals surface area contributed by atoms with Crippen molar-refractivity contribution in [3.63, 3.8) is 0 Å². The van der Waals surface area contributed by atoms with Crippen LogP contribution in [0.3, 0.4) is 0 Å². The lowest BCUT2D eigenvalue weighted by atomic mass is 10.1. The molecule has 0 saturated carbocycles. The Labute approximate surface area is 171 Å². The van der Waals surface area contributed by atoms with Crippen molar-refractivity contribution in [1.29, 1.82) is 0 Å². The summed E-state index contributed by atoms with van der Waals surface area (Å²) in [4.78, 5) is 27.0. The molecule has 0 aliphatic carbocycles. The molecule has 5 heteroatoms. The summed E-state index contributed by atoms with van der Waals surface area (Å²) in [6.45, 7) is 2.46. The predicted octanol–water partition coefficient (Wildman–Crippen LogP) is 4.24. The normalized spacial score (nSPS) is 10.3. The fraction of sp³-hybridized carbons (Fsp3) is 0.167. The minimum atomic E-state index is -0.254. The van der Waals surface area contributed by atoms with Gasteiger partial charge in [0.05, 0.1) is 0 Å². The fourth-order valence-electron chi connectivity index (χ4n) is 2.84. The maximum atomic E-state index is 12.6. The van der Waals surface area contributed by atoms with Gasteiger partial charge in [0.25, 0.3) is 11.8 Å². The number of nitrogens with zero attached hydrogens (tertiary/aromatic N) is 1. The summed E-state index contributed by atoms with van der Waals surface area (Å²) in [5.41, 5.74) is 4.84. The third-order valence-corrected chi connectivity index (χ3v) is 4.60. The highest BCUT2D eigenvalue weighted by Gasteiger charge is 2.11. The quantitative estimate of drug-likeness (QED) is 0.665. The molecule has 2 amide bonds. The zero-order valence-electron chi connectivity index (χ0n) is 16.9. The van der Waals surface area contributed by atoms with Crippen LogP contribution in [0, 0.1) is 6.92 Å². The van der Waals surface area contributed by atoms with Crippen molar-refractivity contribution >= 4 is 23.2 Å². The largest absolute Gasteiger partial charge is 0.378 e. The zero-order chi connectivity index (χ0) is 20.8. The molecule has 0 aliphatic rings. The molecule has 148 valence electrons. The zero-order valence-corrected chi connectivity index (χ0v) is 16.9. The van der Waals surface area contributed by atoms with Crippen molar-refractivity contribution in [1.82, 2.24) is 5.32 Å². The van der Waals surface area contributed by atoms with Gasteiger partial charge in [-0.25, -0.2) is 0 Å². The molecular formula is C24H25N3O2. The lowest BCUT2D eigenvalue weighted by Crippen LogP contribution is -2.23. The summed E-state index contributed by atoms with van der Waals surface area (Å²) in [7, 11) is 3.92. The Morgan fingerprint density at radius 3 is 2.07 bits per heavy atom. The van der Waals surface area contributed by atoms with Gasteiger partial charge in [-0.05, 0) is 55.0 Å². The van der Waals surface area contributed by atoms with Crippen LogP contribution in [0.1, 0.15) is 31.8 Å². The van der Waals surface area contributed by atoms with E-state index in [-0.39, 0.29) is 11.8 Å². The summed E-state index contributed by atoms with van der Waals surface area (Å²) < 4.78 is 0. The van der Waals surface area contributed by atoms with Crippen molar-refractivity contribution in [2.24, 2.45) is 0 Å². The maximum absolute atomic E-state index is 12.6. The summed E-state index contributed by atoms with van der Waals surface area (Å²) >= 11 is 0. The molecule has 0 fully saturated rings. The van der Waals surface area contributed by atoms with E-state index in [9.17, 15) is 9.59 Å². The number of carbonyl (C=O) groups is 2.